The number of hydrogen-bond acceptors (Lipinski definition) is 2. The van der Waals surface area contributed by atoms with E-state index in [-0.39, 0.29) is 0 Å². The van der Waals surface area contributed by atoms with Gasteiger partial charge in [-0.3, -0.25) is 0 Å². The summed E-state index contributed by atoms with van der Waals surface area (Å²) in [7, 11) is 0. The van der Waals surface area contributed by atoms with Gasteiger partial charge in [0.05, 0.1) is 0 Å². The molecule has 3 heteroatoms. The molecule has 0 radical (unpaired) electrons. The average Bonchev–Trinajstić information content (AvgIpc) is 2.42. The highest BCUT2D eigenvalue weighted by atomic mass is 79.9. The van der Waals surface area contributed by atoms with E-state index >= 15 is 0 Å². The molecular formula is C16H22BrNO. The van der Waals surface area contributed by atoms with Crippen molar-refractivity contribution in [3.63, 3.8) is 0 Å². The van der Waals surface area contributed by atoms with Crippen LogP contribution in [0, 0.1) is 0 Å². The molecule has 2 rings (SSSR count). The van der Waals surface area contributed by atoms with Crippen LogP contribution in [0.4, 0.5) is 0 Å². The van der Waals surface area contributed by atoms with E-state index in [1.165, 1.54) is 30.4 Å². The maximum absolute atomic E-state index is 5.84. The van der Waals surface area contributed by atoms with Crippen molar-refractivity contribution in [2.45, 2.75) is 38.6 Å². The standard InChI is InChI=1S/C16H22BrNO/c1-3-10-18-15-8-4-7-14-13(15)6-5-9-16(14)19-11-12(2)17/h5-6,9,15,18H,2-4,7-8,10-11H2,1H3. The van der Waals surface area contributed by atoms with Crippen molar-refractivity contribution in [1.82, 2.24) is 5.32 Å². The van der Waals surface area contributed by atoms with Crippen LogP contribution in [0.25, 0.3) is 0 Å². The molecule has 2 nitrogen and oxygen atoms in total. The zero-order chi connectivity index (χ0) is 13.7. The second kappa shape index (κ2) is 7.11. The summed E-state index contributed by atoms with van der Waals surface area (Å²) >= 11 is 3.34. The van der Waals surface area contributed by atoms with Gasteiger partial charge in [-0.05, 0) is 49.4 Å². The Kier molecular flexibility index (Phi) is 5.46. The summed E-state index contributed by atoms with van der Waals surface area (Å²) in [4.78, 5) is 0. The zero-order valence-electron chi connectivity index (χ0n) is 11.5. The molecule has 0 saturated heterocycles. The molecule has 0 aliphatic heterocycles. The minimum Gasteiger partial charge on any atom is -0.488 e. The highest BCUT2D eigenvalue weighted by Gasteiger charge is 2.22. The van der Waals surface area contributed by atoms with Crippen molar-refractivity contribution in [2.75, 3.05) is 13.2 Å². The number of benzene rings is 1. The predicted molar refractivity (Wildman–Crippen MR) is 84.0 cm³/mol. The van der Waals surface area contributed by atoms with Gasteiger partial charge in [0.2, 0.25) is 0 Å². The highest BCUT2D eigenvalue weighted by molar-refractivity contribution is 9.11. The van der Waals surface area contributed by atoms with Gasteiger partial charge in [0, 0.05) is 10.5 Å². The Hall–Kier alpha value is -0.800. The summed E-state index contributed by atoms with van der Waals surface area (Å²) in [5.41, 5.74) is 2.79. The first-order chi connectivity index (χ1) is 9.22. The normalized spacial score (nSPS) is 17.9. The molecular weight excluding hydrogens is 302 g/mol. The summed E-state index contributed by atoms with van der Waals surface area (Å²) in [6, 6.07) is 6.88. The second-order valence-electron chi connectivity index (χ2n) is 5.03. The minimum atomic E-state index is 0.486. The molecule has 1 unspecified atom stereocenters. The van der Waals surface area contributed by atoms with Crippen molar-refractivity contribution in [3.05, 3.63) is 40.4 Å². The Balaban J connectivity index is 2.17. The molecule has 0 heterocycles. The molecule has 1 aromatic rings. The van der Waals surface area contributed by atoms with E-state index in [0.29, 0.717) is 12.6 Å². The fraction of sp³-hybridized carbons (Fsp3) is 0.500. The Labute approximate surface area is 124 Å². The number of rotatable bonds is 6. The van der Waals surface area contributed by atoms with Crippen LogP contribution in [0.15, 0.2) is 29.3 Å². The van der Waals surface area contributed by atoms with Gasteiger partial charge in [0.1, 0.15) is 12.4 Å². The lowest BCUT2D eigenvalue weighted by Crippen LogP contribution is -2.26. The molecule has 0 aromatic heterocycles. The summed E-state index contributed by atoms with van der Waals surface area (Å²) < 4.78 is 6.72. The Morgan fingerprint density at radius 3 is 3.11 bits per heavy atom. The van der Waals surface area contributed by atoms with Crippen LogP contribution >= 0.6 is 15.9 Å². The molecule has 104 valence electrons. The van der Waals surface area contributed by atoms with E-state index < -0.39 is 0 Å². The Morgan fingerprint density at radius 2 is 2.37 bits per heavy atom. The predicted octanol–water partition coefficient (Wildman–Crippen LogP) is 4.35. The van der Waals surface area contributed by atoms with Gasteiger partial charge < -0.3 is 10.1 Å². The topological polar surface area (TPSA) is 21.3 Å². The Morgan fingerprint density at radius 1 is 1.53 bits per heavy atom. The van der Waals surface area contributed by atoms with Crippen LogP contribution in [-0.2, 0) is 6.42 Å². The first kappa shape index (κ1) is 14.6. The van der Waals surface area contributed by atoms with Crippen molar-refractivity contribution < 1.29 is 4.74 Å². The van der Waals surface area contributed by atoms with Gasteiger partial charge in [-0.2, -0.15) is 0 Å². The monoisotopic (exact) mass is 323 g/mol. The smallest absolute Gasteiger partial charge is 0.123 e. The van der Waals surface area contributed by atoms with Crippen molar-refractivity contribution in [1.29, 1.82) is 0 Å². The number of halogens is 1. The van der Waals surface area contributed by atoms with Crippen LogP contribution in [0.3, 0.4) is 0 Å². The molecule has 1 atom stereocenters. The molecule has 0 spiro atoms. The summed E-state index contributed by atoms with van der Waals surface area (Å²) in [6.45, 7) is 7.63. The molecule has 1 aliphatic rings. The van der Waals surface area contributed by atoms with E-state index in [4.69, 9.17) is 4.74 Å². The molecule has 0 fully saturated rings. The molecule has 0 bridgehead atoms. The van der Waals surface area contributed by atoms with Crippen LogP contribution in [0.1, 0.15) is 43.4 Å². The highest BCUT2D eigenvalue weighted by Crippen LogP contribution is 2.35. The van der Waals surface area contributed by atoms with Gasteiger partial charge >= 0.3 is 0 Å². The average molecular weight is 324 g/mol. The fourth-order valence-corrected chi connectivity index (χ4v) is 2.75. The van der Waals surface area contributed by atoms with Crippen LogP contribution in [0.5, 0.6) is 5.75 Å². The number of hydrogen-bond donors (Lipinski definition) is 1. The number of nitrogens with one attached hydrogen (secondary N) is 1. The molecule has 0 saturated carbocycles. The third-order valence-corrected chi connectivity index (χ3v) is 3.72. The maximum Gasteiger partial charge on any atom is 0.123 e. The van der Waals surface area contributed by atoms with Gasteiger partial charge in [-0.1, -0.05) is 41.6 Å². The van der Waals surface area contributed by atoms with Crippen molar-refractivity contribution in [3.8, 4) is 5.75 Å². The van der Waals surface area contributed by atoms with Crippen LogP contribution < -0.4 is 10.1 Å². The van der Waals surface area contributed by atoms with E-state index in [9.17, 15) is 0 Å². The van der Waals surface area contributed by atoms with E-state index in [1.807, 2.05) is 0 Å². The SMILES string of the molecule is C=C(Br)COc1cccc2c1CCCC2NCCC. The summed E-state index contributed by atoms with van der Waals surface area (Å²) in [6.07, 6.45) is 4.74. The second-order valence-corrected chi connectivity index (χ2v) is 6.15. The van der Waals surface area contributed by atoms with Gasteiger partial charge in [0.15, 0.2) is 0 Å². The van der Waals surface area contributed by atoms with Gasteiger partial charge in [0.25, 0.3) is 0 Å². The molecule has 1 N–H and O–H groups in total. The van der Waals surface area contributed by atoms with E-state index in [1.54, 1.807) is 0 Å². The summed E-state index contributed by atoms with van der Waals surface area (Å²) in [5.74, 6) is 1.01. The first-order valence-corrected chi connectivity index (χ1v) is 7.83. The molecule has 1 aromatic carbocycles. The first-order valence-electron chi connectivity index (χ1n) is 7.03. The van der Waals surface area contributed by atoms with E-state index in [0.717, 1.165) is 23.2 Å². The molecule has 1 aliphatic carbocycles. The maximum atomic E-state index is 5.84. The van der Waals surface area contributed by atoms with Crippen molar-refractivity contribution in [2.24, 2.45) is 0 Å². The van der Waals surface area contributed by atoms with Gasteiger partial charge in [-0.25, -0.2) is 0 Å². The lowest BCUT2D eigenvalue weighted by molar-refractivity contribution is 0.350. The van der Waals surface area contributed by atoms with Gasteiger partial charge in [-0.15, -0.1) is 0 Å². The lowest BCUT2D eigenvalue weighted by Gasteiger charge is -2.28. The number of ether oxygens (including phenoxy) is 1. The third-order valence-electron chi connectivity index (χ3n) is 3.49. The zero-order valence-corrected chi connectivity index (χ0v) is 13.1. The Bertz CT molecular complexity index is 444. The molecule has 0 amide bonds. The number of fused-ring (bicyclic) bond motifs is 1. The fourth-order valence-electron chi connectivity index (χ4n) is 2.64. The minimum absolute atomic E-state index is 0.486. The quantitative estimate of drug-likeness (QED) is 0.840. The van der Waals surface area contributed by atoms with Crippen LogP contribution in [0.2, 0.25) is 0 Å². The largest absolute Gasteiger partial charge is 0.488 e. The van der Waals surface area contributed by atoms with E-state index in [2.05, 4.69) is 52.9 Å². The van der Waals surface area contributed by atoms with Crippen molar-refractivity contribution >= 4 is 15.9 Å². The van der Waals surface area contributed by atoms with Crippen LogP contribution in [-0.4, -0.2) is 13.2 Å². The molecule has 19 heavy (non-hydrogen) atoms. The summed E-state index contributed by atoms with van der Waals surface area (Å²) in [5, 5.41) is 3.64. The lowest BCUT2D eigenvalue weighted by atomic mass is 9.87. The third kappa shape index (κ3) is 3.83.